The van der Waals surface area contributed by atoms with Crippen LogP contribution in [0.2, 0.25) is 0 Å². The van der Waals surface area contributed by atoms with Crippen LogP contribution in [0.5, 0.6) is 0 Å². The quantitative estimate of drug-likeness (QED) is 0.656. The van der Waals surface area contributed by atoms with Crippen molar-refractivity contribution in [2.24, 2.45) is 0 Å². The summed E-state index contributed by atoms with van der Waals surface area (Å²) in [6, 6.07) is 0. The summed E-state index contributed by atoms with van der Waals surface area (Å²) in [4.78, 5) is 9.89. The van der Waals surface area contributed by atoms with Crippen LogP contribution in [-0.4, -0.2) is 25.4 Å². The molecule has 0 radical (unpaired) electrons. The van der Waals surface area contributed by atoms with Crippen LogP contribution in [0.25, 0.3) is 0 Å². The maximum absolute atomic E-state index is 10.7. The summed E-state index contributed by atoms with van der Waals surface area (Å²) in [7, 11) is -3.59. The molecular weight excluding hydrogens is 170 g/mol. The highest BCUT2D eigenvalue weighted by Crippen LogP contribution is 1.92. The van der Waals surface area contributed by atoms with Crippen LogP contribution in [0.15, 0.2) is 0 Å². The van der Waals surface area contributed by atoms with Gasteiger partial charge in [-0.2, -0.15) is 0 Å². The van der Waals surface area contributed by atoms with E-state index in [9.17, 15) is 13.2 Å². The largest absolute Gasteiger partial charge is 0.464 e. The Morgan fingerprint density at radius 1 is 1.55 bits per heavy atom. The van der Waals surface area contributed by atoms with E-state index in [1.165, 1.54) is 4.72 Å². The van der Waals surface area contributed by atoms with E-state index >= 15 is 0 Å². The first-order chi connectivity index (χ1) is 4.98. The first-order valence-corrected chi connectivity index (χ1v) is 4.86. The molecule has 2 N–H and O–H groups in total. The fourth-order valence-electron chi connectivity index (χ4n) is 0.518. The minimum atomic E-state index is -3.59. The molecule has 0 spiro atoms. The lowest BCUT2D eigenvalue weighted by Gasteiger charge is -2.00. The Hall–Kier alpha value is -0.780. The van der Waals surface area contributed by atoms with E-state index in [4.69, 9.17) is 5.11 Å². The highest BCUT2D eigenvalue weighted by atomic mass is 32.2. The maximum atomic E-state index is 10.7. The van der Waals surface area contributed by atoms with Crippen molar-refractivity contribution in [1.29, 1.82) is 0 Å². The molecule has 0 saturated carbocycles. The van der Waals surface area contributed by atoms with Crippen LogP contribution in [-0.2, 0) is 10.0 Å². The molecule has 0 saturated heterocycles. The molecule has 0 aromatic heterocycles. The number of nitrogens with one attached hydrogen (secondary N) is 1. The van der Waals surface area contributed by atoms with E-state index < -0.39 is 16.1 Å². The second-order valence-corrected chi connectivity index (χ2v) is 3.92. The molecule has 0 aromatic carbocycles. The van der Waals surface area contributed by atoms with Crippen LogP contribution < -0.4 is 4.72 Å². The molecule has 0 heterocycles. The van der Waals surface area contributed by atoms with Crippen molar-refractivity contribution in [3.8, 4) is 0 Å². The maximum Gasteiger partial charge on any atom is 0.418 e. The highest BCUT2D eigenvalue weighted by Gasteiger charge is 2.11. The monoisotopic (exact) mass is 181 g/mol. The number of hydrogen-bond donors (Lipinski definition) is 2. The molecule has 66 valence electrons. The van der Waals surface area contributed by atoms with E-state index in [1.807, 2.05) is 6.92 Å². The molecule has 0 atom stereocenters. The third kappa shape index (κ3) is 5.65. The van der Waals surface area contributed by atoms with E-state index in [2.05, 4.69) is 0 Å². The van der Waals surface area contributed by atoms with Crippen LogP contribution >= 0.6 is 0 Å². The smallest absolute Gasteiger partial charge is 0.418 e. The Bertz CT molecular complexity index is 221. The molecule has 6 heteroatoms. The van der Waals surface area contributed by atoms with Crippen molar-refractivity contribution in [3.63, 3.8) is 0 Å². The number of amides is 1. The van der Waals surface area contributed by atoms with E-state index in [0.29, 0.717) is 6.42 Å². The lowest BCUT2D eigenvalue weighted by molar-refractivity contribution is 0.201. The summed E-state index contributed by atoms with van der Waals surface area (Å²) in [5.41, 5.74) is 0. The van der Waals surface area contributed by atoms with Crippen LogP contribution in [0.3, 0.4) is 0 Å². The Kier molecular flexibility index (Phi) is 3.88. The average molecular weight is 181 g/mol. The van der Waals surface area contributed by atoms with Gasteiger partial charge in [0, 0.05) is 0 Å². The van der Waals surface area contributed by atoms with E-state index in [0.717, 1.165) is 6.42 Å². The minimum Gasteiger partial charge on any atom is -0.464 e. The summed E-state index contributed by atoms with van der Waals surface area (Å²) >= 11 is 0. The van der Waals surface area contributed by atoms with Crippen molar-refractivity contribution in [3.05, 3.63) is 0 Å². The van der Waals surface area contributed by atoms with Crippen LogP contribution in [0.4, 0.5) is 4.79 Å². The van der Waals surface area contributed by atoms with Crippen LogP contribution in [0.1, 0.15) is 19.8 Å². The van der Waals surface area contributed by atoms with Crippen LogP contribution in [0, 0.1) is 0 Å². The molecule has 0 unspecified atom stereocenters. The number of hydrogen-bond acceptors (Lipinski definition) is 3. The number of rotatable bonds is 4. The van der Waals surface area contributed by atoms with Gasteiger partial charge in [-0.05, 0) is 6.42 Å². The van der Waals surface area contributed by atoms with Gasteiger partial charge in [0.2, 0.25) is 10.0 Å². The van der Waals surface area contributed by atoms with Gasteiger partial charge < -0.3 is 5.11 Å². The first-order valence-electron chi connectivity index (χ1n) is 3.21. The van der Waals surface area contributed by atoms with Crippen molar-refractivity contribution in [2.45, 2.75) is 19.8 Å². The molecule has 1 amide bonds. The van der Waals surface area contributed by atoms with Gasteiger partial charge in [-0.3, -0.25) is 0 Å². The summed E-state index contributed by atoms with van der Waals surface area (Å²) in [6.07, 6.45) is -0.329. The molecule has 0 aromatic rings. The zero-order valence-corrected chi connectivity index (χ0v) is 7.02. The summed E-state index contributed by atoms with van der Waals surface area (Å²) < 4.78 is 22.9. The van der Waals surface area contributed by atoms with E-state index in [1.54, 1.807) is 0 Å². The Morgan fingerprint density at radius 3 is 2.45 bits per heavy atom. The van der Waals surface area contributed by atoms with E-state index in [-0.39, 0.29) is 5.75 Å². The minimum absolute atomic E-state index is 0.129. The Balaban J connectivity index is 3.92. The molecule has 0 aliphatic carbocycles. The van der Waals surface area contributed by atoms with Gasteiger partial charge in [-0.25, -0.2) is 17.9 Å². The highest BCUT2D eigenvalue weighted by molar-refractivity contribution is 7.90. The Morgan fingerprint density at radius 2 is 2.09 bits per heavy atom. The lowest BCUT2D eigenvalue weighted by atomic mass is 10.4. The lowest BCUT2D eigenvalue weighted by Crippen LogP contribution is -2.30. The number of sulfonamides is 1. The van der Waals surface area contributed by atoms with Gasteiger partial charge in [-0.1, -0.05) is 13.3 Å². The van der Waals surface area contributed by atoms with Crippen molar-refractivity contribution >= 4 is 16.1 Å². The second kappa shape index (κ2) is 4.17. The third-order valence-corrected chi connectivity index (χ3v) is 2.32. The standard InChI is InChI=1S/C5H11NO4S/c1-2-3-4-11(9,10)6-5(7)8/h6H,2-4H2,1H3,(H,7,8). The van der Waals surface area contributed by atoms with Gasteiger partial charge in [0.1, 0.15) is 0 Å². The normalized spacial score (nSPS) is 11.0. The molecule has 0 rings (SSSR count). The topological polar surface area (TPSA) is 83.5 Å². The molecule has 0 fully saturated rings. The molecular formula is C5H11NO4S. The number of unbranched alkanes of at least 4 members (excludes halogenated alkanes) is 1. The number of carboxylic acid groups (broad SMARTS) is 1. The van der Waals surface area contributed by atoms with Crippen molar-refractivity contribution < 1.29 is 18.3 Å². The molecule has 11 heavy (non-hydrogen) atoms. The average Bonchev–Trinajstić information content (AvgIpc) is 1.81. The van der Waals surface area contributed by atoms with Gasteiger partial charge in [0.25, 0.3) is 0 Å². The summed E-state index contributed by atoms with van der Waals surface area (Å²) in [5.74, 6) is -0.129. The molecule has 0 aliphatic rings. The van der Waals surface area contributed by atoms with Gasteiger partial charge >= 0.3 is 6.09 Å². The Labute approximate surface area is 65.5 Å². The zero-order valence-electron chi connectivity index (χ0n) is 6.20. The first kappa shape index (κ1) is 10.2. The van der Waals surface area contributed by atoms with Gasteiger partial charge in [0.05, 0.1) is 5.75 Å². The fourth-order valence-corrected chi connectivity index (χ4v) is 1.56. The molecule has 0 aliphatic heterocycles. The van der Waals surface area contributed by atoms with Crippen molar-refractivity contribution in [2.75, 3.05) is 5.75 Å². The van der Waals surface area contributed by atoms with Gasteiger partial charge in [0.15, 0.2) is 0 Å². The number of carbonyl (C=O) groups is 1. The molecule has 0 bridgehead atoms. The molecule has 5 nitrogen and oxygen atoms in total. The predicted octanol–water partition coefficient (Wildman–Crippen LogP) is 0.384. The second-order valence-electron chi connectivity index (χ2n) is 2.08. The summed E-state index contributed by atoms with van der Waals surface area (Å²) in [6.45, 7) is 1.83. The predicted molar refractivity (Wildman–Crippen MR) is 39.9 cm³/mol. The third-order valence-electron chi connectivity index (χ3n) is 1.01. The van der Waals surface area contributed by atoms with Crippen molar-refractivity contribution in [1.82, 2.24) is 4.72 Å². The SMILES string of the molecule is CCCCS(=O)(=O)NC(=O)O. The fraction of sp³-hybridized carbons (Fsp3) is 0.800. The zero-order chi connectivity index (χ0) is 8.91. The summed E-state index contributed by atoms with van der Waals surface area (Å²) in [5, 5.41) is 8.06. The van der Waals surface area contributed by atoms with Gasteiger partial charge in [-0.15, -0.1) is 0 Å².